The van der Waals surface area contributed by atoms with Crippen LogP contribution in [0.15, 0.2) is 28.7 Å². The van der Waals surface area contributed by atoms with Gasteiger partial charge < -0.3 is 19.5 Å². The second-order valence-electron chi connectivity index (χ2n) is 4.43. The molecule has 0 saturated heterocycles. The number of benzene rings is 1. The summed E-state index contributed by atoms with van der Waals surface area (Å²) in [5.41, 5.74) is 1.18. The van der Waals surface area contributed by atoms with Gasteiger partial charge in [-0.25, -0.2) is 0 Å². The van der Waals surface area contributed by atoms with Gasteiger partial charge in [0.25, 0.3) is 0 Å². The van der Waals surface area contributed by atoms with E-state index < -0.39 is 0 Å². The zero-order valence-corrected chi connectivity index (χ0v) is 13.8. The fourth-order valence-corrected chi connectivity index (χ4v) is 2.03. The highest BCUT2D eigenvalue weighted by Crippen LogP contribution is 2.19. The van der Waals surface area contributed by atoms with Crippen molar-refractivity contribution in [1.29, 1.82) is 0 Å². The van der Waals surface area contributed by atoms with Gasteiger partial charge in [-0.2, -0.15) is 0 Å². The summed E-state index contributed by atoms with van der Waals surface area (Å²) >= 11 is 3.44. The summed E-state index contributed by atoms with van der Waals surface area (Å²) in [6.45, 7) is 3.48. The molecular weight excluding hydrogens is 322 g/mol. The van der Waals surface area contributed by atoms with Gasteiger partial charge in [0.15, 0.2) is 0 Å². The molecule has 0 aliphatic heterocycles. The molecule has 1 atom stereocenters. The fraction of sp³-hybridized carbons (Fsp3) is 0.600. The normalized spacial score (nSPS) is 12.6. The van der Waals surface area contributed by atoms with E-state index in [1.807, 2.05) is 19.2 Å². The van der Waals surface area contributed by atoms with Crippen LogP contribution in [0.1, 0.15) is 18.1 Å². The monoisotopic (exact) mass is 345 g/mol. The number of ether oxygens (including phenoxy) is 3. The highest BCUT2D eigenvalue weighted by atomic mass is 79.9. The molecule has 1 N–H and O–H groups in total. The molecule has 1 aromatic rings. The van der Waals surface area contributed by atoms with Crippen LogP contribution in [0.3, 0.4) is 0 Å². The Labute approximate surface area is 129 Å². The van der Waals surface area contributed by atoms with E-state index >= 15 is 0 Å². The first-order valence-corrected chi connectivity index (χ1v) is 7.65. The zero-order valence-electron chi connectivity index (χ0n) is 12.2. The Kier molecular flexibility index (Phi) is 9.87. The average molecular weight is 346 g/mol. The molecule has 5 heteroatoms. The van der Waals surface area contributed by atoms with Crippen LogP contribution in [-0.2, 0) is 14.2 Å². The van der Waals surface area contributed by atoms with Gasteiger partial charge in [0.1, 0.15) is 0 Å². The van der Waals surface area contributed by atoms with E-state index in [0.29, 0.717) is 26.4 Å². The molecule has 0 spiro atoms. The first-order chi connectivity index (χ1) is 9.77. The fourth-order valence-electron chi connectivity index (χ4n) is 1.77. The average Bonchev–Trinajstić information content (AvgIpc) is 2.46. The number of nitrogens with one attached hydrogen (secondary N) is 1. The van der Waals surface area contributed by atoms with Crippen molar-refractivity contribution < 1.29 is 14.2 Å². The van der Waals surface area contributed by atoms with Gasteiger partial charge >= 0.3 is 0 Å². The topological polar surface area (TPSA) is 39.7 Å². The van der Waals surface area contributed by atoms with Crippen molar-refractivity contribution in [2.75, 3.05) is 47.1 Å². The Morgan fingerprint density at radius 3 is 2.50 bits per heavy atom. The third-order valence-electron chi connectivity index (χ3n) is 2.82. The number of methoxy groups -OCH3 is 1. The van der Waals surface area contributed by atoms with Gasteiger partial charge in [-0.05, 0) is 31.2 Å². The van der Waals surface area contributed by atoms with Gasteiger partial charge in [0, 0.05) is 31.3 Å². The molecular formula is C15H24BrNO3. The van der Waals surface area contributed by atoms with Crippen molar-refractivity contribution in [1.82, 2.24) is 5.32 Å². The van der Waals surface area contributed by atoms with E-state index in [2.05, 4.69) is 33.4 Å². The van der Waals surface area contributed by atoms with Gasteiger partial charge in [0.05, 0.1) is 19.3 Å². The molecule has 0 radical (unpaired) electrons. The van der Waals surface area contributed by atoms with E-state index in [0.717, 1.165) is 17.4 Å². The quantitative estimate of drug-likeness (QED) is 0.626. The summed E-state index contributed by atoms with van der Waals surface area (Å²) in [4.78, 5) is 0. The molecule has 0 aliphatic carbocycles. The third-order valence-corrected chi connectivity index (χ3v) is 3.34. The third kappa shape index (κ3) is 7.36. The SMILES string of the molecule is CNCC(OCCCOCCOC)c1ccc(Br)cc1. The van der Waals surface area contributed by atoms with Crippen molar-refractivity contribution in [3.05, 3.63) is 34.3 Å². The predicted octanol–water partition coefficient (Wildman–Crippen LogP) is 2.78. The summed E-state index contributed by atoms with van der Waals surface area (Å²) in [6, 6.07) is 8.24. The lowest BCUT2D eigenvalue weighted by Crippen LogP contribution is -2.20. The minimum absolute atomic E-state index is 0.0760. The maximum Gasteiger partial charge on any atom is 0.0949 e. The van der Waals surface area contributed by atoms with E-state index in [1.54, 1.807) is 7.11 Å². The number of rotatable bonds is 11. The second-order valence-corrected chi connectivity index (χ2v) is 5.34. The summed E-state index contributed by atoms with van der Waals surface area (Å²) in [5, 5.41) is 3.17. The van der Waals surface area contributed by atoms with E-state index in [1.165, 1.54) is 5.56 Å². The molecule has 4 nitrogen and oxygen atoms in total. The summed E-state index contributed by atoms with van der Waals surface area (Å²) < 4.78 is 17.3. The zero-order chi connectivity index (χ0) is 14.6. The smallest absolute Gasteiger partial charge is 0.0949 e. The van der Waals surface area contributed by atoms with Gasteiger partial charge in [-0.1, -0.05) is 28.1 Å². The second kappa shape index (κ2) is 11.2. The molecule has 1 rings (SSSR count). The minimum Gasteiger partial charge on any atom is -0.382 e. The number of hydrogen-bond acceptors (Lipinski definition) is 4. The molecule has 0 aliphatic rings. The Morgan fingerprint density at radius 2 is 1.85 bits per heavy atom. The van der Waals surface area contributed by atoms with Crippen molar-refractivity contribution in [3.8, 4) is 0 Å². The van der Waals surface area contributed by atoms with Crippen LogP contribution >= 0.6 is 15.9 Å². The minimum atomic E-state index is 0.0760. The van der Waals surface area contributed by atoms with E-state index in [4.69, 9.17) is 14.2 Å². The summed E-state index contributed by atoms with van der Waals surface area (Å²) in [6.07, 6.45) is 0.965. The number of hydrogen-bond donors (Lipinski definition) is 1. The van der Waals surface area contributed by atoms with Gasteiger partial charge in [0.2, 0.25) is 0 Å². The Hall–Kier alpha value is -0.460. The highest BCUT2D eigenvalue weighted by molar-refractivity contribution is 9.10. The summed E-state index contributed by atoms with van der Waals surface area (Å²) in [5.74, 6) is 0. The van der Waals surface area contributed by atoms with Crippen LogP contribution < -0.4 is 5.32 Å². The van der Waals surface area contributed by atoms with Gasteiger partial charge in [-0.15, -0.1) is 0 Å². The Balaban J connectivity index is 2.27. The first kappa shape index (κ1) is 17.6. The van der Waals surface area contributed by atoms with Crippen molar-refractivity contribution in [2.24, 2.45) is 0 Å². The maximum atomic E-state index is 5.93. The van der Waals surface area contributed by atoms with Crippen LogP contribution in [0, 0.1) is 0 Å². The molecule has 1 aromatic carbocycles. The molecule has 0 aromatic heterocycles. The molecule has 0 bridgehead atoms. The Bertz CT molecular complexity index is 345. The predicted molar refractivity (Wildman–Crippen MR) is 84.1 cm³/mol. The largest absolute Gasteiger partial charge is 0.382 e. The molecule has 0 amide bonds. The molecule has 0 heterocycles. The highest BCUT2D eigenvalue weighted by Gasteiger charge is 2.10. The summed E-state index contributed by atoms with van der Waals surface area (Å²) in [7, 11) is 3.61. The van der Waals surface area contributed by atoms with Crippen molar-refractivity contribution in [3.63, 3.8) is 0 Å². The molecule has 114 valence electrons. The Morgan fingerprint density at radius 1 is 1.10 bits per heavy atom. The van der Waals surface area contributed by atoms with E-state index in [9.17, 15) is 0 Å². The van der Waals surface area contributed by atoms with Gasteiger partial charge in [-0.3, -0.25) is 0 Å². The standard InChI is InChI=1S/C15H24BrNO3/c1-17-12-15(13-4-6-14(16)7-5-13)20-9-3-8-19-11-10-18-2/h4-7,15,17H,3,8-12H2,1-2H3. The van der Waals surface area contributed by atoms with Crippen LogP contribution in [0.25, 0.3) is 0 Å². The first-order valence-electron chi connectivity index (χ1n) is 6.86. The van der Waals surface area contributed by atoms with Crippen LogP contribution in [0.2, 0.25) is 0 Å². The number of likely N-dealkylation sites (N-methyl/N-ethyl adjacent to an activating group) is 1. The maximum absolute atomic E-state index is 5.93. The van der Waals surface area contributed by atoms with Crippen LogP contribution in [0.4, 0.5) is 0 Å². The molecule has 1 unspecified atom stereocenters. The van der Waals surface area contributed by atoms with Crippen molar-refractivity contribution in [2.45, 2.75) is 12.5 Å². The lowest BCUT2D eigenvalue weighted by molar-refractivity contribution is 0.0237. The van der Waals surface area contributed by atoms with E-state index in [-0.39, 0.29) is 6.10 Å². The molecule has 0 fully saturated rings. The lowest BCUT2D eigenvalue weighted by Gasteiger charge is -2.18. The lowest BCUT2D eigenvalue weighted by atomic mass is 10.1. The number of halogens is 1. The van der Waals surface area contributed by atoms with Crippen LogP contribution in [-0.4, -0.2) is 47.1 Å². The molecule has 0 saturated carbocycles. The molecule has 20 heavy (non-hydrogen) atoms. The van der Waals surface area contributed by atoms with Crippen LogP contribution in [0.5, 0.6) is 0 Å². The van der Waals surface area contributed by atoms with Crippen molar-refractivity contribution >= 4 is 15.9 Å².